The van der Waals surface area contributed by atoms with Crippen LogP contribution in [0.1, 0.15) is 55.5 Å². The van der Waals surface area contributed by atoms with E-state index in [2.05, 4.69) is 54.4 Å². The first kappa shape index (κ1) is 17.9. The standard InChI is InChI=1S/C25H30N2O/c1-3-25-13-14-27(16-18-9-10-18)23(17(25)2)24(28)21-12-11-20(15-22(21)25)26-19-7-5-4-6-8-19/h4-8,11-12,15,17-18,23,26H,3,9-10,13-14,16H2,1-2H3/t17-,23-,25+/m0/s1. The third-order valence-corrected chi connectivity index (χ3v) is 7.56. The number of para-hydroxylation sites is 1. The van der Waals surface area contributed by atoms with Gasteiger partial charge in [-0.25, -0.2) is 0 Å². The summed E-state index contributed by atoms with van der Waals surface area (Å²) < 4.78 is 0. The van der Waals surface area contributed by atoms with Gasteiger partial charge in [0.2, 0.25) is 0 Å². The van der Waals surface area contributed by atoms with Crippen LogP contribution < -0.4 is 5.32 Å². The van der Waals surface area contributed by atoms with Crippen LogP contribution in [0.15, 0.2) is 48.5 Å². The van der Waals surface area contributed by atoms with E-state index in [1.54, 1.807) is 0 Å². The van der Waals surface area contributed by atoms with E-state index in [1.807, 2.05) is 18.2 Å². The number of nitrogens with zero attached hydrogens (tertiary/aromatic N) is 1. The number of nitrogens with one attached hydrogen (secondary N) is 1. The van der Waals surface area contributed by atoms with Crippen LogP contribution >= 0.6 is 0 Å². The summed E-state index contributed by atoms with van der Waals surface area (Å²) in [7, 11) is 0. The molecule has 0 unspecified atom stereocenters. The highest BCUT2D eigenvalue weighted by atomic mass is 16.1. The van der Waals surface area contributed by atoms with Crippen molar-refractivity contribution >= 4 is 17.2 Å². The number of fused-ring (bicyclic) bond motifs is 4. The normalized spacial score (nSPS) is 29.4. The minimum absolute atomic E-state index is 0.0646. The lowest BCUT2D eigenvalue weighted by Crippen LogP contribution is -2.61. The Morgan fingerprint density at radius 1 is 1.11 bits per heavy atom. The number of likely N-dealkylation sites (tertiary alicyclic amines) is 1. The highest BCUT2D eigenvalue weighted by Crippen LogP contribution is 2.52. The van der Waals surface area contributed by atoms with Crippen molar-refractivity contribution in [2.24, 2.45) is 11.8 Å². The molecule has 5 rings (SSSR count). The number of piperidine rings is 1. The summed E-state index contributed by atoms with van der Waals surface area (Å²) in [6, 6.07) is 16.7. The summed E-state index contributed by atoms with van der Waals surface area (Å²) >= 11 is 0. The molecular weight excluding hydrogens is 344 g/mol. The molecule has 1 saturated carbocycles. The van der Waals surface area contributed by atoms with Crippen LogP contribution in [0.2, 0.25) is 0 Å². The molecule has 1 heterocycles. The fraction of sp³-hybridized carbons (Fsp3) is 0.480. The molecule has 0 spiro atoms. The van der Waals surface area contributed by atoms with Gasteiger partial charge in [0.1, 0.15) is 0 Å². The number of ketones is 1. The SMILES string of the molecule is CC[C@]12CCN(CC3CC3)[C@H](C(=O)c3ccc(Nc4ccccc4)cc31)[C@@H]2C. The van der Waals surface area contributed by atoms with Crippen LogP contribution in [-0.2, 0) is 5.41 Å². The monoisotopic (exact) mass is 374 g/mol. The third-order valence-electron chi connectivity index (χ3n) is 7.56. The van der Waals surface area contributed by atoms with Crippen molar-refractivity contribution < 1.29 is 4.79 Å². The predicted octanol–water partition coefficient (Wildman–Crippen LogP) is 5.39. The summed E-state index contributed by atoms with van der Waals surface area (Å²) in [5.41, 5.74) is 4.51. The van der Waals surface area contributed by atoms with Crippen LogP contribution in [0.3, 0.4) is 0 Å². The minimum atomic E-state index is 0.0646. The van der Waals surface area contributed by atoms with Gasteiger partial charge in [-0.3, -0.25) is 9.69 Å². The lowest BCUT2D eigenvalue weighted by atomic mass is 9.56. The van der Waals surface area contributed by atoms with Crippen molar-refractivity contribution in [2.45, 2.75) is 51.0 Å². The second kappa shape index (κ2) is 6.73. The van der Waals surface area contributed by atoms with Crippen molar-refractivity contribution in [3.63, 3.8) is 0 Å². The first-order valence-corrected chi connectivity index (χ1v) is 10.9. The topological polar surface area (TPSA) is 32.3 Å². The van der Waals surface area contributed by atoms with E-state index < -0.39 is 0 Å². The van der Waals surface area contributed by atoms with E-state index in [-0.39, 0.29) is 11.5 Å². The highest BCUT2D eigenvalue weighted by Gasteiger charge is 2.54. The molecule has 1 N–H and O–H groups in total. The van der Waals surface area contributed by atoms with Crippen LogP contribution in [0.4, 0.5) is 11.4 Å². The van der Waals surface area contributed by atoms with Crippen LogP contribution in [-0.4, -0.2) is 29.8 Å². The van der Waals surface area contributed by atoms with Gasteiger partial charge >= 0.3 is 0 Å². The first-order chi connectivity index (χ1) is 13.6. The van der Waals surface area contributed by atoms with E-state index in [4.69, 9.17) is 0 Å². The van der Waals surface area contributed by atoms with E-state index in [0.29, 0.717) is 11.7 Å². The van der Waals surface area contributed by atoms with E-state index in [0.717, 1.165) is 48.8 Å². The molecule has 0 amide bonds. The second-order valence-corrected chi connectivity index (χ2v) is 9.05. The molecule has 3 aliphatic rings. The van der Waals surface area contributed by atoms with E-state index in [1.165, 1.54) is 18.4 Å². The van der Waals surface area contributed by atoms with Crippen LogP contribution in [0.25, 0.3) is 0 Å². The Labute approximate surface area is 168 Å². The Morgan fingerprint density at radius 3 is 2.61 bits per heavy atom. The van der Waals surface area contributed by atoms with Crippen molar-refractivity contribution in [3.05, 3.63) is 59.7 Å². The van der Waals surface area contributed by atoms with Gasteiger partial charge < -0.3 is 5.32 Å². The number of rotatable bonds is 5. The lowest BCUT2D eigenvalue weighted by molar-refractivity contribution is 0.0197. The molecule has 28 heavy (non-hydrogen) atoms. The molecule has 3 heteroatoms. The van der Waals surface area contributed by atoms with Crippen molar-refractivity contribution in [2.75, 3.05) is 18.4 Å². The fourth-order valence-corrected chi connectivity index (χ4v) is 5.72. The number of hydrogen-bond donors (Lipinski definition) is 1. The molecule has 2 aliphatic carbocycles. The number of carbonyl (C=O) groups excluding carboxylic acids is 1. The Morgan fingerprint density at radius 2 is 1.89 bits per heavy atom. The largest absolute Gasteiger partial charge is 0.356 e. The quantitative estimate of drug-likeness (QED) is 0.761. The predicted molar refractivity (Wildman–Crippen MR) is 114 cm³/mol. The Hall–Kier alpha value is -2.13. The maximum atomic E-state index is 13.5. The van der Waals surface area contributed by atoms with Gasteiger partial charge in [0, 0.05) is 28.9 Å². The van der Waals surface area contributed by atoms with Crippen molar-refractivity contribution in [1.82, 2.24) is 4.90 Å². The number of benzene rings is 2. The summed E-state index contributed by atoms with van der Waals surface area (Å²) in [5, 5.41) is 3.52. The number of hydrogen-bond acceptors (Lipinski definition) is 3. The Kier molecular flexibility index (Phi) is 4.31. The maximum absolute atomic E-state index is 13.5. The highest BCUT2D eigenvalue weighted by molar-refractivity contribution is 6.04. The number of anilines is 2. The first-order valence-electron chi connectivity index (χ1n) is 10.9. The summed E-state index contributed by atoms with van der Waals surface area (Å²) in [4.78, 5) is 16.0. The lowest BCUT2D eigenvalue weighted by Gasteiger charge is -2.55. The van der Waals surface area contributed by atoms with Crippen LogP contribution in [0, 0.1) is 11.8 Å². The van der Waals surface area contributed by atoms with Gasteiger partial charge in [-0.15, -0.1) is 0 Å². The summed E-state index contributed by atoms with van der Waals surface area (Å²) in [6.45, 7) is 6.80. The zero-order valence-electron chi connectivity index (χ0n) is 16.9. The van der Waals surface area contributed by atoms with Crippen molar-refractivity contribution in [1.29, 1.82) is 0 Å². The van der Waals surface area contributed by atoms with Gasteiger partial charge in [-0.1, -0.05) is 32.0 Å². The van der Waals surface area contributed by atoms with Gasteiger partial charge in [0.15, 0.2) is 5.78 Å². The molecule has 2 fully saturated rings. The van der Waals surface area contributed by atoms with Gasteiger partial charge in [-0.05, 0) is 80.0 Å². The molecule has 0 radical (unpaired) electrons. The summed E-state index contributed by atoms with van der Waals surface area (Å²) in [5.74, 6) is 1.54. The Balaban J connectivity index is 1.53. The number of Topliss-reactive ketones (excluding diaryl/α,β-unsaturated/α-hetero) is 1. The molecule has 3 nitrogen and oxygen atoms in total. The van der Waals surface area contributed by atoms with E-state index in [9.17, 15) is 4.79 Å². The molecular formula is C25H30N2O. The molecule has 1 saturated heterocycles. The fourth-order valence-electron chi connectivity index (χ4n) is 5.72. The summed E-state index contributed by atoms with van der Waals surface area (Å²) in [6.07, 6.45) is 4.94. The van der Waals surface area contributed by atoms with Gasteiger partial charge in [0.25, 0.3) is 0 Å². The second-order valence-electron chi connectivity index (χ2n) is 9.05. The minimum Gasteiger partial charge on any atom is -0.356 e. The van der Waals surface area contributed by atoms with Crippen LogP contribution in [0.5, 0.6) is 0 Å². The molecule has 0 aromatic heterocycles. The average molecular weight is 375 g/mol. The number of carbonyl (C=O) groups is 1. The maximum Gasteiger partial charge on any atom is 0.180 e. The molecule has 2 aromatic rings. The molecule has 146 valence electrons. The zero-order chi connectivity index (χ0) is 19.3. The molecule has 2 aromatic carbocycles. The third kappa shape index (κ3) is 2.79. The Bertz CT molecular complexity index is 889. The average Bonchev–Trinajstić information content (AvgIpc) is 3.52. The smallest absolute Gasteiger partial charge is 0.180 e. The van der Waals surface area contributed by atoms with Crippen molar-refractivity contribution in [3.8, 4) is 0 Å². The zero-order valence-corrected chi connectivity index (χ0v) is 16.9. The van der Waals surface area contributed by atoms with Gasteiger partial charge in [0.05, 0.1) is 6.04 Å². The van der Waals surface area contributed by atoms with Gasteiger partial charge in [-0.2, -0.15) is 0 Å². The molecule has 2 bridgehead atoms. The van der Waals surface area contributed by atoms with E-state index >= 15 is 0 Å². The molecule has 3 atom stereocenters. The molecule has 1 aliphatic heterocycles.